The number of imidazole rings is 1. The highest BCUT2D eigenvalue weighted by atomic mass is 19.1. The van der Waals surface area contributed by atoms with Crippen LogP contribution in [0, 0.1) is 12.7 Å². The molecule has 0 radical (unpaired) electrons. The van der Waals surface area contributed by atoms with Crippen LogP contribution in [-0.2, 0) is 0 Å². The molecule has 0 aliphatic carbocycles. The summed E-state index contributed by atoms with van der Waals surface area (Å²) in [6.45, 7) is 1.89. The van der Waals surface area contributed by atoms with Crippen molar-refractivity contribution in [2.75, 3.05) is 10.6 Å². The molecule has 0 bridgehead atoms. The molecule has 0 atom stereocenters. The largest absolute Gasteiger partial charge is 0.439 e. The van der Waals surface area contributed by atoms with Gasteiger partial charge in [0.1, 0.15) is 11.6 Å². The van der Waals surface area contributed by atoms with Crippen LogP contribution >= 0.6 is 0 Å². The standard InChI is InChI=1S/C25H20FN7O2/c1-16-14-33(15-27-16)19-5-2-4-18(10-19)30-25(34)32-23-11-20(8-9-21(23)26)35-24-7-3-6-22(31-24)17-12-28-29-13-17/h2-15H,1H3,(H,28,29)(H2,30,32,34). The molecule has 2 aromatic carbocycles. The van der Waals surface area contributed by atoms with Gasteiger partial charge >= 0.3 is 6.03 Å². The maximum absolute atomic E-state index is 14.4. The van der Waals surface area contributed by atoms with Crippen molar-refractivity contribution < 1.29 is 13.9 Å². The molecule has 5 rings (SSSR count). The van der Waals surface area contributed by atoms with Crippen LogP contribution in [0.15, 0.2) is 85.6 Å². The van der Waals surface area contributed by atoms with Crippen LogP contribution in [0.3, 0.4) is 0 Å². The molecule has 10 heteroatoms. The van der Waals surface area contributed by atoms with Crippen LogP contribution in [0.1, 0.15) is 5.69 Å². The summed E-state index contributed by atoms with van der Waals surface area (Å²) in [5.74, 6) is 0.0310. The van der Waals surface area contributed by atoms with Crippen molar-refractivity contribution in [3.63, 3.8) is 0 Å². The van der Waals surface area contributed by atoms with E-state index in [0.717, 1.165) is 16.9 Å². The van der Waals surface area contributed by atoms with Crippen LogP contribution in [0.2, 0.25) is 0 Å². The Kier molecular flexibility index (Phi) is 5.91. The van der Waals surface area contributed by atoms with Gasteiger partial charge in [-0.3, -0.25) is 5.10 Å². The smallest absolute Gasteiger partial charge is 0.323 e. The number of aromatic amines is 1. The maximum atomic E-state index is 14.4. The summed E-state index contributed by atoms with van der Waals surface area (Å²) >= 11 is 0. The van der Waals surface area contributed by atoms with E-state index in [9.17, 15) is 9.18 Å². The monoisotopic (exact) mass is 469 g/mol. The number of urea groups is 1. The SMILES string of the molecule is Cc1cn(-c2cccc(NC(=O)Nc3cc(Oc4cccc(-c5cn[nH]c5)n4)ccc3F)c2)cn1. The third-order valence-corrected chi connectivity index (χ3v) is 5.04. The fourth-order valence-electron chi connectivity index (χ4n) is 3.40. The lowest BCUT2D eigenvalue weighted by Crippen LogP contribution is -2.20. The summed E-state index contributed by atoms with van der Waals surface area (Å²) in [4.78, 5) is 21.2. The number of pyridine rings is 1. The van der Waals surface area contributed by atoms with E-state index in [0.29, 0.717) is 23.0 Å². The average Bonchev–Trinajstić information content (AvgIpc) is 3.54. The topological polar surface area (TPSA) is 110 Å². The molecule has 174 valence electrons. The first-order valence-corrected chi connectivity index (χ1v) is 10.7. The van der Waals surface area contributed by atoms with Crippen LogP contribution in [0.25, 0.3) is 16.9 Å². The van der Waals surface area contributed by atoms with Gasteiger partial charge in [-0.25, -0.2) is 19.2 Å². The van der Waals surface area contributed by atoms with E-state index in [-0.39, 0.29) is 5.69 Å². The fourth-order valence-corrected chi connectivity index (χ4v) is 3.40. The number of hydrogen-bond acceptors (Lipinski definition) is 5. The lowest BCUT2D eigenvalue weighted by molar-refractivity contribution is 0.262. The van der Waals surface area contributed by atoms with E-state index in [1.54, 1.807) is 49.1 Å². The molecule has 9 nitrogen and oxygen atoms in total. The first kappa shape index (κ1) is 21.8. The van der Waals surface area contributed by atoms with Gasteiger partial charge in [-0.1, -0.05) is 12.1 Å². The Morgan fingerprint density at radius 1 is 1.09 bits per heavy atom. The molecule has 0 unspecified atom stereocenters. The molecule has 3 heterocycles. The number of nitrogens with one attached hydrogen (secondary N) is 3. The molecule has 0 saturated heterocycles. The van der Waals surface area contributed by atoms with Gasteiger partial charge in [0, 0.05) is 41.5 Å². The molecule has 3 aromatic heterocycles. The van der Waals surface area contributed by atoms with Gasteiger partial charge in [-0.05, 0) is 43.3 Å². The fraction of sp³-hybridized carbons (Fsp3) is 0.0400. The lowest BCUT2D eigenvalue weighted by Gasteiger charge is -2.12. The Morgan fingerprint density at radius 2 is 1.97 bits per heavy atom. The van der Waals surface area contributed by atoms with Crippen molar-refractivity contribution >= 4 is 17.4 Å². The number of carbonyl (C=O) groups is 1. The summed E-state index contributed by atoms with van der Waals surface area (Å²) in [7, 11) is 0. The highest BCUT2D eigenvalue weighted by molar-refractivity contribution is 6.00. The highest BCUT2D eigenvalue weighted by Gasteiger charge is 2.11. The van der Waals surface area contributed by atoms with Gasteiger partial charge in [0.25, 0.3) is 0 Å². The zero-order valence-corrected chi connectivity index (χ0v) is 18.6. The molecular weight excluding hydrogens is 449 g/mol. The summed E-state index contributed by atoms with van der Waals surface area (Å²) < 4.78 is 22.0. The molecule has 5 aromatic rings. The number of hydrogen-bond donors (Lipinski definition) is 3. The number of carbonyl (C=O) groups excluding carboxylic acids is 1. The first-order chi connectivity index (χ1) is 17.0. The summed E-state index contributed by atoms with van der Waals surface area (Å²) in [5, 5.41) is 11.9. The quantitative estimate of drug-likeness (QED) is 0.302. The number of aromatic nitrogens is 5. The van der Waals surface area contributed by atoms with Gasteiger partial charge in [0.15, 0.2) is 0 Å². The van der Waals surface area contributed by atoms with Crippen molar-refractivity contribution in [2.45, 2.75) is 6.92 Å². The number of halogens is 1. The summed E-state index contributed by atoms with van der Waals surface area (Å²) in [6.07, 6.45) is 6.93. The average molecular weight is 469 g/mol. The van der Waals surface area contributed by atoms with E-state index in [2.05, 4.69) is 30.8 Å². The summed E-state index contributed by atoms with van der Waals surface area (Å²) in [6, 6.07) is 16.0. The molecule has 3 N–H and O–H groups in total. The summed E-state index contributed by atoms with van der Waals surface area (Å²) in [5.41, 5.74) is 3.69. The molecule has 35 heavy (non-hydrogen) atoms. The lowest BCUT2D eigenvalue weighted by atomic mass is 10.2. The predicted molar refractivity (Wildman–Crippen MR) is 129 cm³/mol. The Bertz CT molecular complexity index is 1480. The molecular formula is C25H20FN7O2. The van der Waals surface area contributed by atoms with E-state index >= 15 is 0 Å². The molecule has 2 amide bonds. The number of rotatable bonds is 6. The third kappa shape index (κ3) is 5.17. The van der Waals surface area contributed by atoms with Crippen molar-refractivity contribution in [3.05, 3.63) is 97.1 Å². The van der Waals surface area contributed by atoms with E-state index in [4.69, 9.17) is 4.74 Å². The van der Waals surface area contributed by atoms with Crippen LogP contribution in [0.4, 0.5) is 20.6 Å². The Labute approximate surface area is 199 Å². The Hall–Kier alpha value is -4.99. The minimum atomic E-state index is -0.602. The minimum Gasteiger partial charge on any atom is -0.439 e. The number of ether oxygens (including phenoxy) is 1. The minimum absolute atomic E-state index is 0.0348. The molecule has 0 fully saturated rings. The zero-order chi connectivity index (χ0) is 24.2. The molecule has 0 spiro atoms. The van der Waals surface area contributed by atoms with E-state index < -0.39 is 11.8 Å². The zero-order valence-electron chi connectivity index (χ0n) is 18.6. The van der Waals surface area contributed by atoms with Gasteiger partial charge in [0.2, 0.25) is 5.88 Å². The molecule has 0 saturated carbocycles. The Morgan fingerprint density at radius 3 is 2.77 bits per heavy atom. The van der Waals surface area contributed by atoms with Crippen molar-refractivity contribution in [1.82, 2.24) is 24.7 Å². The normalized spacial score (nSPS) is 10.7. The second-order valence-electron chi connectivity index (χ2n) is 7.64. The number of anilines is 2. The van der Waals surface area contributed by atoms with E-state index in [1.807, 2.05) is 29.8 Å². The van der Waals surface area contributed by atoms with Gasteiger partial charge in [-0.15, -0.1) is 0 Å². The number of aryl methyl sites for hydroxylation is 1. The van der Waals surface area contributed by atoms with Gasteiger partial charge in [0.05, 0.1) is 29.6 Å². The van der Waals surface area contributed by atoms with Crippen molar-refractivity contribution in [3.8, 4) is 28.6 Å². The Balaban J connectivity index is 1.28. The van der Waals surface area contributed by atoms with Crippen LogP contribution in [0.5, 0.6) is 11.6 Å². The molecule has 0 aliphatic rings. The number of amides is 2. The second-order valence-corrected chi connectivity index (χ2v) is 7.64. The number of H-pyrrole nitrogens is 1. The number of nitrogens with zero attached hydrogens (tertiary/aromatic N) is 4. The second kappa shape index (κ2) is 9.48. The van der Waals surface area contributed by atoms with Gasteiger partial charge < -0.3 is 19.9 Å². The van der Waals surface area contributed by atoms with Crippen LogP contribution < -0.4 is 15.4 Å². The van der Waals surface area contributed by atoms with Gasteiger partial charge in [-0.2, -0.15) is 5.10 Å². The van der Waals surface area contributed by atoms with E-state index in [1.165, 1.54) is 18.2 Å². The maximum Gasteiger partial charge on any atom is 0.323 e. The highest BCUT2D eigenvalue weighted by Crippen LogP contribution is 2.27. The molecule has 0 aliphatic heterocycles. The van der Waals surface area contributed by atoms with Crippen molar-refractivity contribution in [2.24, 2.45) is 0 Å². The predicted octanol–water partition coefficient (Wildman–Crippen LogP) is 5.54. The number of benzene rings is 2. The first-order valence-electron chi connectivity index (χ1n) is 10.7. The third-order valence-electron chi connectivity index (χ3n) is 5.04. The van der Waals surface area contributed by atoms with Crippen LogP contribution in [-0.4, -0.2) is 30.8 Å². The van der Waals surface area contributed by atoms with Crippen molar-refractivity contribution in [1.29, 1.82) is 0 Å².